The predicted octanol–water partition coefficient (Wildman–Crippen LogP) is 4.27. The molecule has 0 aliphatic rings. The maximum Gasteiger partial charge on any atom is 0.131 e. The highest BCUT2D eigenvalue weighted by Gasteiger charge is 2.20. The lowest BCUT2D eigenvalue weighted by Crippen LogP contribution is -2.24. The van der Waals surface area contributed by atoms with Crippen molar-refractivity contribution >= 4 is 32.1 Å². The first kappa shape index (κ1) is 13.8. The number of nitrogens with one attached hydrogen (secondary N) is 1. The zero-order valence-electron chi connectivity index (χ0n) is 11.8. The Morgan fingerprint density at radius 2 is 2.25 bits per heavy atom. The van der Waals surface area contributed by atoms with Crippen LogP contribution < -0.4 is 5.32 Å². The van der Waals surface area contributed by atoms with Crippen LogP contribution in [0.5, 0.6) is 0 Å². The molecule has 0 spiro atoms. The monoisotopic (exact) mass is 305 g/mol. The van der Waals surface area contributed by atoms with E-state index in [2.05, 4.69) is 52.4 Å². The van der Waals surface area contributed by atoms with Gasteiger partial charge in [-0.15, -0.1) is 22.7 Å². The van der Waals surface area contributed by atoms with Gasteiger partial charge in [-0.25, -0.2) is 4.98 Å². The van der Waals surface area contributed by atoms with E-state index >= 15 is 0 Å². The number of imidazole rings is 1. The maximum atomic E-state index is 4.60. The Kier molecular flexibility index (Phi) is 4.19. The molecule has 1 atom stereocenters. The molecule has 106 valence electrons. The van der Waals surface area contributed by atoms with Crippen LogP contribution in [0.4, 0.5) is 0 Å². The van der Waals surface area contributed by atoms with E-state index in [1.165, 1.54) is 14.3 Å². The molecule has 3 nitrogen and oxygen atoms in total. The molecule has 0 fully saturated rings. The summed E-state index contributed by atoms with van der Waals surface area (Å²) in [5.74, 6) is 1.13. The van der Waals surface area contributed by atoms with E-state index in [-0.39, 0.29) is 6.04 Å². The average Bonchev–Trinajstić information content (AvgIpc) is 3.11. The summed E-state index contributed by atoms with van der Waals surface area (Å²) in [5, 5.41) is 5.74. The van der Waals surface area contributed by atoms with Crippen LogP contribution in [0.15, 0.2) is 29.9 Å². The highest BCUT2D eigenvalue weighted by molar-refractivity contribution is 7.27. The van der Waals surface area contributed by atoms with Gasteiger partial charge in [0.05, 0.1) is 0 Å². The first-order valence-electron chi connectivity index (χ1n) is 7.04. The van der Waals surface area contributed by atoms with E-state index in [4.69, 9.17) is 0 Å². The highest BCUT2D eigenvalue weighted by Crippen LogP contribution is 2.35. The zero-order chi connectivity index (χ0) is 13.9. The molecule has 3 aromatic rings. The maximum absolute atomic E-state index is 4.60. The van der Waals surface area contributed by atoms with Crippen LogP contribution in [-0.4, -0.2) is 16.1 Å². The van der Waals surface area contributed by atoms with Crippen molar-refractivity contribution in [2.75, 3.05) is 6.54 Å². The van der Waals surface area contributed by atoms with Gasteiger partial charge in [0.15, 0.2) is 0 Å². The summed E-state index contributed by atoms with van der Waals surface area (Å²) in [6.45, 7) is 6.31. The van der Waals surface area contributed by atoms with Gasteiger partial charge in [-0.05, 0) is 30.5 Å². The van der Waals surface area contributed by atoms with Crippen LogP contribution in [0, 0.1) is 0 Å². The number of nitrogens with zero attached hydrogens (tertiary/aromatic N) is 2. The number of hydrogen-bond acceptors (Lipinski definition) is 4. The number of fused-ring (bicyclic) bond motifs is 1. The molecule has 0 saturated carbocycles. The minimum atomic E-state index is 0.200. The Morgan fingerprint density at radius 1 is 1.35 bits per heavy atom. The van der Waals surface area contributed by atoms with Crippen LogP contribution in [0.1, 0.15) is 37.0 Å². The van der Waals surface area contributed by atoms with E-state index in [1.54, 1.807) is 0 Å². The van der Waals surface area contributed by atoms with Gasteiger partial charge in [-0.1, -0.05) is 13.8 Å². The van der Waals surface area contributed by atoms with E-state index in [1.807, 2.05) is 28.9 Å². The molecule has 3 rings (SSSR count). The largest absolute Gasteiger partial charge is 0.333 e. The van der Waals surface area contributed by atoms with Gasteiger partial charge in [0, 0.05) is 33.2 Å². The standard InChI is InChI=1S/C15H19N3S2/c1-3-7-18-8-6-17-15(18)14(16-4-2)13-10-12-11(20-13)5-9-19-12/h5-6,8-10,14,16H,3-4,7H2,1-2H3. The fourth-order valence-corrected chi connectivity index (χ4v) is 4.65. The lowest BCUT2D eigenvalue weighted by molar-refractivity contribution is 0.549. The van der Waals surface area contributed by atoms with Crippen molar-refractivity contribution in [3.05, 3.63) is 40.6 Å². The third kappa shape index (κ3) is 2.53. The fourth-order valence-electron chi connectivity index (χ4n) is 2.46. The number of aryl methyl sites for hydroxylation is 1. The Bertz CT molecular complexity index is 651. The first-order chi connectivity index (χ1) is 9.83. The Morgan fingerprint density at radius 3 is 3.00 bits per heavy atom. The van der Waals surface area contributed by atoms with E-state index in [9.17, 15) is 0 Å². The SMILES string of the molecule is CCCn1ccnc1C(NCC)c1cc2sccc2s1. The molecule has 0 aromatic carbocycles. The molecule has 3 heterocycles. The average molecular weight is 305 g/mol. The zero-order valence-corrected chi connectivity index (χ0v) is 13.4. The van der Waals surface area contributed by atoms with Gasteiger partial charge in [-0.2, -0.15) is 0 Å². The Labute approximate surface area is 127 Å². The normalized spacial score (nSPS) is 13.1. The van der Waals surface area contributed by atoms with Crippen molar-refractivity contribution in [3.63, 3.8) is 0 Å². The van der Waals surface area contributed by atoms with Crippen LogP contribution in [-0.2, 0) is 6.54 Å². The molecule has 1 N–H and O–H groups in total. The summed E-state index contributed by atoms with van der Waals surface area (Å²) in [4.78, 5) is 5.95. The van der Waals surface area contributed by atoms with Gasteiger partial charge in [-0.3, -0.25) is 0 Å². The predicted molar refractivity (Wildman–Crippen MR) is 87.7 cm³/mol. The molecule has 3 aromatic heterocycles. The molecule has 0 saturated heterocycles. The molecule has 5 heteroatoms. The van der Waals surface area contributed by atoms with Gasteiger partial charge in [0.2, 0.25) is 0 Å². The summed E-state index contributed by atoms with van der Waals surface area (Å²) in [7, 11) is 0. The molecular formula is C15H19N3S2. The second kappa shape index (κ2) is 6.08. The minimum absolute atomic E-state index is 0.200. The van der Waals surface area contributed by atoms with E-state index in [0.717, 1.165) is 25.3 Å². The minimum Gasteiger partial charge on any atom is -0.333 e. The quantitative estimate of drug-likeness (QED) is 0.737. The second-order valence-electron chi connectivity index (χ2n) is 4.77. The molecule has 1 unspecified atom stereocenters. The third-order valence-electron chi connectivity index (χ3n) is 3.32. The van der Waals surface area contributed by atoms with Gasteiger partial charge < -0.3 is 9.88 Å². The van der Waals surface area contributed by atoms with Gasteiger partial charge >= 0.3 is 0 Å². The topological polar surface area (TPSA) is 29.9 Å². The van der Waals surface area contributed by atoms with Crippen molar-refractivity contribution in [1.82, 2.24) is 14.9 Å². The molecule has 0 radical (unpaired) electrons. The fraction of sp³-hybridized carbons (Fsp3) is 0.400. The van der Waals surface area contributed by atoms with Gasteiger partial charge in [0.1, 0.15) is 11.9 Å². The summed E-state index contributed by atoms with van der Waals surface area (Å²) >= 11 is 3.68. The summed E-state index contributed by atoms with van der Waals surface area (Å²) in [6.07, 6.45) is 5.12. The third-order valence-corrected chi connectivity index (χ3v) is 5.48. The Balaban J connectivity index is 1.99. The van der Waals surface area contributed by atoms with Crippen molar-refractivity contribution < 1.29 is 0 Å². The summed E-state index contributed by atoms with van der Waals surface area (Å²) in [5.41, 5.74) is 0. The van der Waals surface area contributed by atoms with Crippen molar-refractivity contribution in [2.45, 2.75) is 32.9 Å². The summed E-state index contributed by atoms with van der Waals surface area (Å²) < 4.78 is 5.02. The van der Waals surface area contributed by atoms with Crippen molar-refractivity contribution in [3.8, 4) is 0 Å². The van der Waals surface area contributed by atoms with E-state index < -0.39 is 0 Å². The van der Waals surface area contributed by atoms with Crippen LogP contribution in [0.2, 0.25) is 0 Å². The molecule has 20 heavy (non-hydrogen) atoms. The van der Waals surface area contributed by atoms with Crippen LogP contribution in [0.25, 0.3) is 9.40 Å². The van der Waals surface area contributed by atoms with Gasteiger partial charge in [0.25, 0.3) is 0 Å². The molecule has 0 amide bonds. The highest BCUT2D eigenvalue weighted by atomic mass is 32.1. The van der Waals surface area contributed by atoms with Crippen LogP contribution >= 0.6 is 22.7 Å². The Hall–Kier alpha value is -1.17. The molecule has 0 bridgehead atoms. The lowest BCUT2D eigenvalue weighted by atomic mass is 10.2. The first-order valence-corrected chi connectivity index (χ1v) is 8.74. The number of aromatic nitrogens is 2. The lowest BCUT2D eigenvalue weighted by Gasteiger charge is -2.17. The smallest absolute Gasteiger partial charge is 0.131 e. The molecule has 0 aliphatic heterocycles. The number of thiophene rings is 2. The molecular weight excluding hydrogens is 286 g/mol. The second-order valence-corrected chi connectivity index (χ2v) is 6.83. The summed E-state index contributed by atoms with van der Waals surface area (Å²) in [6, 6.07) is 4.71. The van der Waals surface area contributed by atoms with E-state index in [0.29, 0.717) is 0 Å². The van der Waals surface area contributed by atoms with Crippen molar-refractivity contribution in [1.29, 1.82) is 0 Å². The number of rotatable bonds is 6. The van der Waals surface area contributed by atoms with Crippen LogP contribution in [0.3, 0.4) is 0 Å². The van der Waals surface area contributed by atoms with Crippen molar-refractivity contribution in [2.24, 2.45) is 0 Å². The number of hydrogen-bond donors (Lipinski definition) is 1. The molecule has 0 aliphatic carbocycles.